The molecule has 31 heavy (non-hydrogen) atoms. The molecule has 0 fully saturated rings. The average molecular weight is 445 g/mol. The van der Waals surface area contributed by atoms with Crippen molar-refractivity contribution in [2.24, 2.45) is 0 Å². The summed E-state index contributed by atoms with van der Waals surface area (Å²) in [7, 11) is 0. The Kier molecular flexibility index (Phi) is 6.21. The SMILES string of the molecule is Cc1cc(Oc2cc(NC(=O)c3cnn(C(C)C(=O)O)c3)cc([N+](=O)[O-])c2)ccc1Cl. The number of carbonyl (C=O) groups is 2. The summed E-state index contributed by atoms with van der Waals surface area (Å²) >= 11 is 6.00. The second-order valence-corrected chi connectivity index (χ2v) is 7.07. The lowest BCUT2D eigenvalue weighted by molar-refractivity contribution is -0.384. The van der Waals surface area contributed by atoms with E-state index in [-0.39, 0.29) is 22.7 Å². The highest BCUT2D eigenvalue weighted by Crippen LogP contribution is 2.31. The van der Waals surface area contributed by atoms with E-state index in [2.05, 4.69) is 10.4 Å². The number of carboxylic acid groups (broad SMARTS) is 1. The van der Waals surface area contributed by atoms with Gasteiger partial charge in [0, 0.05) is 23.4 Å². The fourth-order valence-corrected chi connectivity index (χ4v) is 2.74. The second kappa shape index (κ2) is 8.84. The molecule has 0 saturated carbocycles. The Balaban J connectivity index is 1.85. The molecular formula is C20H17ClN4O6. The van der Waals surface area contributed by atoms with Crippen molar-refractivity contribution >= 4 is 34.9 Å². The molecular weight excluding hydrogens is 428 g/mol. The van der Waals surface area contributed by atoms with Crippen LogP contribution in [0.15, 0.2) is 48.8 Å². The zero-order valence-electron chi connectivity index (χ0n) is 16.4. The summed E-state index contributed by atoms with van der Waals surface area (Å²) in [5, 5.41) is 27.3. The highest BCUT2D eigenvalue weighted by atomic mass is 35.5. The molecule has 3 aromatic rings. The summed E-state index contributed by atoms with van der Waals surface area (Å²) in [5.41, 5.74) is 0.703. The lowest BCUT2D eigenvalue weighted by Crippen LogP contribution is -2.16. The molecule has 1 amide bonds. The van der Waals surface area contributed by atoms with E-state index in [0.717, 1.165) is 10.2 Å². The van der Waals surface area contributed by atoms with E-state index in [1.807, 2.05) is 0 Å². The number of hydrogen-bond acceptors (Lipinski definition) is 6. The van der Waals surface area contributed by atoms with E-state index >= 15 is 0 Å². The number of aromatic nitrogens is 2. The number of halogens is 1. The van der Waals surface area contributed by atoms with Crippen LogP contribution in [0.25, 0.3) is 0 Å². The molecule has 0 aliphatic rings. The van der Waals surface area contributed by atoms with Gasteiger partial charge in [-0.2, -0.15) is 5.10 Å². The summed E-state index contributed by atoms with van der Waals surface area (Å²) < 4.78 is 6.83. The summed E-state index contributed by atoms with van der Waals surface area (Å²) in [6.07, 6.45) is 2.49. The fraction of sp³-hybridized carbons (Fsp3) is 0.150. The number of amides is 1. The number of benzene rings is 2. The van der Waals surface area contributed by atoms with Gasteiger partial charge in [-0.05, 0) is 37.6 Å². The summed E-state index contributed by atoms with van der Waals surface area (Å²) in [6, 6.07) is 7.82. The Morgan fingerprint density at radius 3 is 2.65 bits per heavy atom. The van der Waals surface area contributed by atoms with Crippen LogP contribution >= 0.6 is 11.6 Å². The molecule has 11 heteroatoms. The predicted octanol–water partition coefficient (Wildman–Crippen LogP) is 4.44. The van der Waals surface area contributed by atoms with Gasteiger partial charge in [0.2, 0.25) is 0 Å². The van der Waals surface area contributed by atoms with Gasteiger partial charge in [0.15, 0.2) is 0 Å². The molecule has 1 aromatic heterocycles. The molecule has 0 bridgehead atoms. The molecule has 0 aliphatic heterocycles. The van der Waals surface area contributed by atoms with E-state index in [1.54, 1.807) is 25.1 Å². The van der Waals surface area contributed by atoms with Gasteiger partial charge in [-0.3, -0.25) is 19.6 Å². The van der Waals surface area contributed by atoms with Gasteiger partial charge in [0.05, 0.1) is 28.4 Å². The van der Waals surface area contributed by atoms with Gasteiger partial charge >= 0.3 is 5.97 Å². The van der Waals surface area contributed by atoms with Gasteiger partial charge in [0.1, 0.15) is 17.5 Å². The Hall–Kier alpha value is -3.92. The van der Waals surface area contributed by atoms with Gasteiger partial charge in [-0.25, -0.2) is 4.79 Å². The minimum atomic E-state index is -1.10. The van der Waals surface area contributed by atoms with Crippen LogP contribution in [-0.2, 0) is 4.79 Å². The highest BCUT2D eigenvalue weighted by Gasteiger charge is 2.18. The van der Waals surface area contributed by atoms with Crippen LogP contribution in [0.1, 0.15) is 28.9 Å². The lowest BCUT2D eigenvalue weighted by Gasteiger charge is -2.10. The number of ether oxygens (including phenoxy) is 1. The Bertz CT molecular complexity index is 1180. The summed E-state index contributed by atoms with van der Waals surface area (Å²) in [4.78, 5) is 34.3. The normalized spacial score (nSPS) is 11.6. The zero-order valence-corrected chi connectivity index (χ0v) is 17.2. The third-order valence-electron chi connectivity index (χ3n) is 4.34. The van der Waals surface area contributed by atoms with Crippen LogP contribution in [0.4, 0.5) is 11.4 Å². The first kappa shape index (κ1) is 21.8. The number of non-ortho nitro benzene ring substituents is 1. The molecule has 10 nitrogen and oxygen atoms in total. The standard InChI is InChI=1S/C20H17ClN4O6/c1-11-5-16(3-4-18(11)21)31-17-7-14(6-15(8-17)25(29)30)23-19(26)13-9-22-24(10-13)12(2)20(27)28/h3-10,12H,1-2H3,(H,23,26)(H,27,28). The van der Waals surface area contributed by atoms with Crippen LogP contribution in [-0.4, -0.2) is 31.7 Å². The first-order chi connectivity index (χ1) is 14.6. The maximum atomic E-state index is 12.5. The number of carbonyl (C=O) groups excluding carboxylic acids is 1. The van der Waals surface area contributed by atoms with Crippen molar-refractivity contribution in [3.63, 3.8) is 0 Å². The van der Waals surface area contributed by atoms with Crippen LogP contribution in [0.3, 0.4) is 0 Å². The number of nitrogens with one attached hydrogen (secondary N) is 1. The molecule has 160 valence electrons. The van der Waals surface area contributed by atoms with E-state index in [0.29, 0.717) is 10.8 Å². The number of aryl methyl sites for hydroxylation is 1. The third kappa shape index (κ3) is 5.17. The van der Waals surface area contributed by atoms with Crippen LogP contribution in [0.5, 0.6) is 11.5 Å². The predicted molar refractivity (Wildman–Crippen MR) is 112 cm³/mol. The largest absolute Gasteiger partial charge is 0.480 e. The first-order valence-electron chi connectivity index (χ1n) is 8.96. The summed E-state index contributed by atoms with van der Waals surface area (Å²) in [6.45, 7) is 3.21. The third-order valence-corrected chi connectivity index (χ3v) is 4.77. The average Bonchev–Trinajstić information content (AvgIpc) is 3.20. The number of aliphatic carboxylic acids is 1. The lowest BCUT2D eigenvalue weighted by atomic mass is 10.2. The van der Waals surface area contributed by atoms with E-state index in [1.165, 1.54) is 37.5 Å². The van der Waals surface area contributed by atoms with Crippen molar-refractivity contribution in [1.82, 2.24) is 9.78 Å². The van der Waals surface area contributed by atoms with Gasteiger partial charge in [-0.1, -0.05) is 11.6 Å². The Morgan fingerprint density at radius 2 is 2.00 bits per heavy atom. The topological polar surface area (TPSA) is 137 Å². The molecule has 3 rings (SSSR count). The number of carboxylic acids is 1. The van der Waals surface area contributed by atoms with Crippen LogP contribution in [0.2, 0.25) is 5.02 Å². The van der Waals surface area contributed by atoms with E-state index < -0.39 is 22.8 Å². The molecule has 1 atom stereocenters. The zero-order chi connectivity index (χ0) is 22.7. The molecule has 2 aromatic carbocycles. The van der Waals surface area contributed by atoms with Crippen molar-refractivity contribution in [3.05, 3.63) is 75.1 Å². The molecule has 0 aliphatic carbocycles. The molecule has 1 unspecified atom stereocenters. The van der Waals surface area contributed by atoms with Crippen molar-refractivity contribution in [3.8, 4) is 11.5 Å². The number of nitro groups is 1. The van der Waals surface area contributed by atoms with Gasteiger partial charge < -0.3 is 15.2 Å². The number of nitro benzene ring substituents is 1. The van der Waals surface area contributed by atoms with Gasteiger partial charge in [-0.15, -0.1) is 0 Å². The van der Waals surface area contributed by atoms with Crippen molar-refractivity contribution in [2.75, 3.05) is 5.32 Å². The number of nitrogens with zero attached hydrogens (tertiary/aromatic N) is 3. The van der Waals surface area contributed by atoms with E-state index in [9.17, 15) is 19.7 Å². The minimum Gasteiger partial charge on any atom is -0.480 e. The van der Waals surface area contributed by atoms with Gasteiger partial charge in [0.25, 0.3) is 11.6 Å². The fourth-order valence-electron chi connectivity index (χ4n) is 2.62. The summed E-state index contributed by atoms with van der Waals surface area (Å²) in [5.74, 6) is -1.16. The maximum absolute atomic E-state index is 12.5. The molecule has 2 N–H and O–H groups in total. The van der Waals surface area contributed by atoms with E-state index in [4.69, 9.17) is 21.4 Å². The Labute approximate surface area is 181 Å². The molecule has 0 saturated heterocycles. The monoisotopic (exact) mass is 444 g/mol. The number of rotatable bonds is 7. The maximum Gasteiger partial charge on any atom is 0.328 e. The number of anilines is 1. The second-order valence-electron chi connectivity index (χ2n) is 6.66. The Morgan fingerprint density at radius 1 is 1.26 bits per heavy atom. The van der Waals surface area contributed by atoms with Crippen LogP contribution < -0.4 is 10.1 Å². The molecule has 1 heterocycles. The molecule has 0 spiro atoms. The highest BCUT2D eigenvalue weighted by molar-refractivity contribution is 6.31. The minimum absolute atomic E-state index is 0.0930. The van der Waals surface area contributed by atoms with Crippen molar-refractivity contribution in [2.45, 2.75) is 19.9 Å². The first-order valence-corrected chi connectivity index (χ1v) is 9.33. The molecule has 0 radical (unpaired) electrons. The van der Waals surface area contributed by atoms with Crippen LogP contribution in [0, 0.1) is 17.0 Å². The number of hydrogen-bond donors (Lipinski definition) is 2. The smallest absolute Gasteiger partial charge is 0.328 e. The van der Waals surface area contributed by atoms with Crippen molar-refractivity contribution in [1.29, 1.82) is 0 Å². The quantitative estimate of drug-likeness (QED) is 0.405. The van der Waals surface area contributed by atoms with Crippen molar-refractivity contribution < 1.29 is 24.4 Å².